The van der Waals surface area contributed by atoms with E-state index in [4.69, 9.17) is 0 Å². The maximum absolute atomic E-state index is 11.7. The molecular weight excluding hydrogens is 215 g/mol. The molecule has 1 aliphatic rings. The van der Waals surface area contributed by atoms with E-state index in [9.17, 15) is 21.6 Å². The number of ether oxygens (including phenoxy) is 1. The van der Waals surface area contributed by atoms with Crippen LogP contribution in [0, 0.1) is 0 Å². The lowest BCUT2D eigenvalue weighted by atomic mass is 10.7. The molecule has 1 aliphatic heterocycles. The lowest BCUT2D eigenvalue weighted by molar-refractivity contribution is -0.0895. The summed E-state index contributed by atoms with van der Waals surface area (Å²) >= 11 is 0. The molecule has 0 aliphatic carbocycles. The van der Waals surface area contributed by atoms with Gasteiger partial charge in [0.15, 0.2) is 0 Å². The van der Waals surface area contributed by atoms with Crippen molar-refractivity contribution in [2.24, 2.45) is 0 Å². The molecule has 1 heterocycles. The fourth-order valence-corrected chi connectivity index (χ4v) is 1.10. The fraction of sp³-hybridized carbons (Fsp3) is 1.00. The van der Waals surface area contributed by atoms with Crippen LogP contribution in [0.4, 0.5) is 13.2 Å². The molecule has 0 saturated carbocycles. The van der Waals surface area contributed by atoms with Gasteiger partial charge in [-0.25, -0.2) is 4.18 Å². The minimum atomic E-state index is -5.57. The summed E-state index contributed by atoms with van der Waals surface area (Å²) < 4.78 is 63.9. The Morgan fingerprint density at radius 1 is 1.46 bits per heavy atom. The molecule has 0 amide bonds. The van der Waals surface area contributed by atoms with Crippen LogP contribution in [0.3, 0.4) is 0 Å². The average molecular weight is 221 g/mol. The van der Waals surface area contributed by atoms with Crippen LogP contribution in [-0.4, -0.2) is 33.5 Å². The van der Waals surface area contributed by atoms with Gasteiger partial charge in [-0.15, -0.1) is 0 Å². The van der Waals surface area contributed by atoms with Gasteiger partial charge in [-0.3, -0.25) is 5.32 Å². The number of hydrogen-bond donors (Lipinski definition) is 1. The number of hydrogen-bond acceptors (Lipinski definition) is 5. The van der Waals surface area contributed by atoms with Gasteiger partial charge in [0.2, 0.25) is 6.41 Å². The second-order valence-electron chi connectivity index (χ2n) is 2.15. The molecular formula is C4H6F3NO4S. The molecule has 0 aromatic rings. The van der Waals surface area contributed by atoms with Crippen LogP contribution in [0.25, 0.3) is 0 Å². The first-order valence-electron chi connectivity index (χ1n) is 3.17. The fourth-order valence-electron chi connectivity index (χ4n) is 0.633. The Labute approximate surface area is 71.9 Å². The first-order chi connectivity index (χ1) is 5.83. The second-order valence-corrected chi connectivity index (χ2v) is 3.72. The molecule has 0 bridgehead atoms. The second kappa shape index (κ2) is 3.40. The highest BCUT2D eigenvalue weighted by Crippen LogP contribution is 2.25. The van der Waals surface area contributed by atoms with Crippen LogP contribution in [0.2, 0.25) is 0 Å². The highest BCUT2D eigenvalue weighted by atomic mass is 32.2. The molecule has 5 nitrogen and oxygen atoms in total. The van der Waals surface area contributed by atoms with E-state index < -0.39 is 22.0 Å². The monoisotopic (exact) mass is 221 g/mol. The van der Waals surface area contributed by atoms with Gasteiger partial charge in [0.1, 0.15) is 0 Å². The molecule has 1 N–H and O–H groups in total. The van der Waals surface area contributed by atoms with Crippen LogP contribution in [0.1, 0.15) is 0 Å². The quantitative estimate of drug-likeness (QED) is 0.514. The van der Waals surface area contributed by atoms with Crippen LogP contribution in [-0.2, 0) is 19.0 Å². The Morgan fingerprint density at radius 2 is 2.08 bits per heavy atom. The summed E-state index contributed by atoms with van der Waals surface area (Å²) in [5.74, 6) is 0. The maximum atomic E-state index is 11.7. The number of rotatable bonds is 2. The van der Waals surface area contributed by atoms with E-state index in [1.165, 1.54) is 0 Å². The van der Waals surface area contributed by atoms with Crippen molar-refractivity contribution in [3.8, 4) is 0 Å². The summed E-state index contributed by atoms with van der Waals surface area (Å²) in [6, 6.07) is 0. The van der Waals surface area contributed by atoms with E-state index in [-0.39, 0.29) is 13.2 Å². The molecule has 9 heteroatoms. The maximum Gasteiger partial charge on any atom is 0.523 e. The van der Waals surface area contributed by atoms with Crippen molar-refractivity contribution in [1.29, 1.82) is 0 Å². The van der Waals surface area contributed by atoms with Gasteiger partial charge in [0, 0.05) is 6.54 Å². The molecule has 0 aromatic heterocycles. The van der Waals surface area contributed by atoms with Gasteiger partial charge < -0.3 is 4.74 Å². The Kier molecular flexibility index (Phi) is 2.80. The zero-order chi connectivity index (χ0) is 10.1. The van der Waals surface area contributed by atoms with Crippen LogP contribution >= 0.6 is 0 Å². The van der Waals surface area contributed by atoms with E-state index in [1.54, 1.807) is 0 Å². The van der Waals surface area contributed by atoms with Gasteiger partial charge in [-0.05, 0) is 0 Å². The standard InChI is InChI=1S/C4H6F3NO4S/c5-4(6,7)13(9,10)12-3-8-1-2-11-3/h3,8H,1-2H2. The number of nitrogens with one attached hydrogen (secondary N) is 1. The van der Waals surface area contributed by atoms with Crippen molar-refractivity contribution in [3.63, 3.8) is 0 Å². The lowest BCUT2D eigenvalue weighted by Crippen LogP contribution is -2.35. The van der Waals surface area contributed by atoms with Gasteiger partial charge in [0.05, 0.1) is 6.61 Å². The number of halogens is 3. The molecule has 13 heavy (non-hydrogen) atoms. The van der Waals surface area contributed by atoms with Crippen LogP contribution in [0.15, 0.2) is 0 Å². The van der Waals surface area contributed by atoms with E-state index in [0.29, 0.717) is 0 Å². The average Bonchev–Trinajstić information content (AvgIpc) is 2.35. The highest BCUT2D eigenvalue weighted by Gasteiger charge is 2.49. The summed E-state index contributed by atoms with van der Waals surface area (Å²) in [5, 5.41) is 2.26. The predicted molar refractivity (Wildman–Crippen MR) is 33.8 cm³/mol. The normalized spacial score (nSPS) is 25.0. The molecule has 78 valence electrons. The molecule has 1 rings (SSSR count). The topological polar surface area (TPSA) is 64.6 Å². The zero-order valence-corrected chi connectivity index (χ0v) is 6.98. The Balaban J connectivity index is 2.62. The van der Waals surface area contributed by atoms with Gasteiger partial charge in [-0.1, -0.05) is 0 Å². The van der Waals surface area contributed by atoms with Gasteiger partial charge in [0.25, 0.3) is 0 Å². The summed E-state index contributed by atoms with van der Waals surface area (Å²) in [5.41, 5.74) is -5.42. The Morgan fingerprint density at radius 3 is 2.46 bits per heavy atom. The van der Waals surface area contributed by atoms with Crippen molar-refractivity contribution in [1.82, 2.24) is 5.32 Å². The Bertz CT molecular complexity index is 268. The first-order valence-corrected chi connectivity index (χ1v) is 4.58. The molecule has 0 spiro atoms. The largest absolute Gasteiger partial charge is 0.523 e. The number of alkyl halides is 3. The van der Waals surface area contributed by atoms with E-state index in [0.717, 1.165) is 0 Å². The molecule has 0 aromatic carbocycles. The molecule has 1 fully saturated rings. The third-order valence-electron chi connectivity index (χ3n) is 1.18. The van der Waals surface area contributed by atoms with Gasteiger partial charge in [-0.2, -0.15) is 21.6 Å². The summed E-state index contributed by atoms with van der Waals surface area (Å²) in [6.45, 7) is 0.357. The lowest BCUT2D eigenvalue weighted by Gasteiger charge is -2.12. The summed E-state index contributed by atoms with van der Waals surface area (Å²) in [4.78, 5) is 0. The van der Waals surface area contributed by atoms with E-state index >= 15 is 0 Å². The van der Waals surface area contributed by atoms with Crippen molar-refractivity contribution >= 4 is 10.1 Å². The van der Waals surface area contributed by atoms with Crippen molar-refractivity contribution < 1.29 is 30.5 Å². The third-order valence-corrected chi connectivity index (χ3v) is 2.17. The van der Waals surface area contributed by atoms with Crippen molar-refractivity contribution in [3.05, 3.63) is 0 Å². The minimum absolute atomic E-state index is 0.109. The highest BCUT2D eigenvalue weighted by molar-refractivity contribution is 7.87. The summed E-state index contributed by atoms with van der Waals surface area (Å²) in [7, 11) is -5.57. The molecule has 1 unspecified atom stereocenters. The smallest absolute Gasteiger partial charge is 0.338 e. The van der Waals surface area contributed by atoms with E-state index in [2.05, 4.69) is 14.2 Å². The SMILES string of the molecule is O=S(=O)(OC1NCCO1)C(F)(F)F. The molecule has 1 saturated heterocycles. The van der Waals surface area contributed by atoms with Crippen molar-refractivity contribution in [2.75, 3.05) is 13.2 Å². The minimum Gasteiger partial charge on any atom is -0.338 e. The molecule has 1 atom stereocenters. The predicted octanol–water partition coefficient (Wildman–Crippen LogP) is -0.244. The Hall–Kier alpha value is -0.380. The summed E-state index contributed by atoms with van der Waals surface area (Å²) in [6.07, 6.45) is -1.54. The van der Waals surface area contributed by atoms with Crippen LogP contribution < -0.4 is 5.32 Å². The van der Waals surface area contributed by atoms with Crippen LogP contribution in [0.5, 0.6) is 0 Å². The zero-order valence-electron chi connectivity index (χ0n) is 6.17. The van der Waals surface area contributed by atoms with E-state index in [1.807, 2.05) is 0 Å². The third kappa shape index (κ3) is 2.53. The van der Waals surface area contributed by atoms with Gasteiger partial charge >= 0.3 is 15.6 Å². The molecule has 0 radical (unpaired) electrons. The van der Waals surface area contributed by atoms with Crippen molar-refractivity contribution in [2.45, 2.75) is 11.9 Å². The first kappa shape index (κ1) is 10.7.